The molecule has 0 aliphatic carbocycles. The molecule has 0 bridgehead atoms. The number of aromatic nitrogens is 4. The van der Waals surface area contributed by atoms with Crippen LogP contribution in [-0.4, -0.2) is 19.6 Å². The molecule has 132 valence electrons. The molecule has 0 aliphatic heterocycles. The van der Waals surface area contributed by atoms with Crippen molar-refractivity contribution in [2.75, 3.05) is 0 Å². The van der Waals surface area contributed by atoms with Crippen LogP contribution in [0.5, 0.6) is 0 Å². The third-order valence-electron chi connectivity index (χ3n) is 3.93. The number of hydrogen-bond donors (Lipinski definition) is 0. The molecule has 3 heterocycles. The molecule has 5 nitrogen and oxygen atoms in total. The van der Waals surface area contributed by atoms with Gasteiger partial charge in [0, 0.05) is 24.4 Å². The van der Waals surface area contributed by atoms with Crippen LogP contribution in [0, 0.1) is 6.92 Å². The number of aryl methyl sites for hydroxylation is 1. The van der Waals surface area contributed by atoms with Gasteiger partial charge >= 0.3 is 12.1 Å². The van der Waals surface area contributed by atoms with Crippen LogP contribution in [0.4, 0.5) is 13.2 Å². The predicted molar refractivity (Wildman–Crippen MR) is 87.5 cm³/mol. The Morgan fingerprint density at radius 3 is 2.54 bits per heavy atom. The highest BCUT2D eigenvalue weighted by Gasteiger charge is 2.38. The van der Waals surface area contributed by atoms with Gasteiger partial charge in [0.25, 0.3) is 0 Å². The van der Waals surface area contributed by atoms with Crippen molar-refractivity contribution in [1.29, 1.82) is 0 Å². The minimum absolute atomic E-state index is 0.192. The van der Waals surface area contributed by atoms with E-state index in [1.165, 1.54) is 5.56 Å². The number of nitrogens with zero attached hydrogens (tertiary/aromatic N) is 4. The van der Waals surface area contributed by atoms with E-state index in [-0.39, 0.29) is 5.89 Å². The fraction of sp³-hybridized carbons (Fsp3) is 0.167. The summed E-state index contributed by atoms with van der Waals surface area (Å²) in [5, 5.41) is 6.51. The molecule has 0 aliphatic rings. The summed E-state index contributed by atoms with van der Waals surface area (Å²) in [5.41, 5.74) is 4.15. The summed E-state index contributed by atoms with van der Waals surface area (Å²) in [6.45, 7) is 2.03. The van der Waals surface area contributed by atoms with E-state index in [2.05, 4.69) is 15.2 Å². The van der Waals surface area contributed by atoms with Crippen LogP contribution in [0.25, 0.3) is 17.1 Å². The van der Waals surface area contributed by atoms with Gasteiger partial charge in [-0.15, -0.1) is 10.2 Å². The largest absolute Gasteiger partial charge is 0.470 e. The highest BCUT2D eigenvalue weighted by Crippen LogP contribution is 2.30. The first-order valence-corrected chi connectivity index (χ1v) is 7.83. The number of imidazole rings is 1. The number of hydrogen-bond acceptors (Lipinski definition) is 4. The quantitative estimate of drug-likeness (QED) is 0.548. The maximum Gasteiger partial charge on any atom is 0.470 e. The van der Waals surface area contributed by atoms with Gasteiger partial charge in [-0.3, -0.25) is 0 Å². The molecule has 1 aromatic carbocycles. The van der Waals surface area contributed by atoms with E-state index in [4.69, 9.17) is 4.42 Å². The predicted octanol–water partition coefficient (Wildman–Crippen LogP) is 4.30. The van der Waals surface area contributed by atoms with Gasteiger partial charge in [0.05, 0.1) is 5.69 Å². The zero-order chi connectivity index (χ0) is 18.3. The number of fused-ring (bicyclic) bond motifs is 1. The van der Waals surface area contributed by atoms with Crippen molar-refractivity contribution in [2.45, 2.75) is 19.5 Å². The molecular formula is C18H13F3N4O. The van der Waals surface area contributed by atoms with Crippen molar-refractivity contribution in [1.82, 2.24) is 19.6 Å². The first-order chi connectivity index (χ1) is 12.4. The van der Waals surface area contributed by atoms with Gasteiger partial charge in [-0.1, -0.05) is 29.8 Å². The number of alkyl halides is 3. The lowest BCUT2D eigenvalue weighted by Gasteiger charge is -1.98. The highest BCUT2D eigenvalue weighted by atomic mass is 19.4. The Hall–Kier alpha value is -3.16. The van der Waals surface area contributed by atoms with Crippen LogP contribution in [0.2, 0.25) is 0 Å². The van der Waals surface area contributed by atoms with Crippen molar-refractivity contribution in [3.05, 3.63) is 71.5 Å². The Balaban J connectivity index is 1.63. The van der Waals surface area contributed by atoms with Gasteiger partial charge in [0.2, 0.25) is 5.89 Å². The molecule has 0 saturated heterocycles. The number of benzene rings is 1. The molecule has 0 N–H and O–H groups in total. The Kier molecular flexibility index (Phi) is 3.75. The maximum atomic E-state index is 12.6. The molecular weight excluding hydrogens is 345 g/mol. The van der Waals surface area contributed by atoms with Crippen LogP contribution in [0.1, 0.15) is 22.7 Å². The van der Waals surface area contributed by atoms with Gasteiger partial charge < -0.3 is 8.82 Å². The molecule has 0 atom stereocenters. The van der Waals surface area contributed by atoms with Gasteiger partial charge in [-0.05, 0) is 24.6 Å². The summed E-state index contributed by atoms with van der Waals surface area (Å²) in [6, 6.07) is 11.4. The lowest BCUT2D eigenvalue weighted by molar-refractivity contribution is -0.156. The average molecular weight is 358 g/mol. The molecule has 4 rings (SSSR count). The van der Waals surface area contributed by atoms with Crippen LogP contribution >= 0.6 is 0 Å². The zero-order valence-corrected chi connectivity index (χ0v) is 13.7. The van der Waals surface area contributed by atoms with E-state index in [9.17, 15) is 13.2 Å². The smallest absolute Gasteiger partial charge is 0.413 e. The summed E-state index contributed by atoms with van der Waals surface area (Å²) in [4.78, 5) is 4.52. The minimum Gasteiger partial charge on any atom is -0.413 e. The summed E-state index contributed by atoms with van der Waals surface area (Å²) < 4.78 is 44.3. The van der Waals surface area contributed by atoms with Crippen molar-refractivity contribution in [3.63, 3.8) is 0 Å². The zero-order valence-electron chi connectivity index (χ0n) is 13.7. The lowest BCUT2D eigenvalue weighted by atomic mass is 10.1. The van der Waals surface area contributed by atoms with E-state index in [0.717, 1.165) is 11.3 Å². The standard InChI is InChI=1S/C18H13F3N4O/c1-11-2-4-12(5-3-11)8-14-10-25-7-6-13(9-15(25)22-14)16-23-24-17(26-16)18(19,20)21/h2-7,9-10H,8H2,1H3. The van der Waals surface area contributed by atoms with E-state index in [1.54, 1.807) is 22.7 Å². The Morgan fingerprint density at radius 2 is 1.85 bits per heavy atom. The third kappa shape index (κ3) is 3.17. The summed E-state index contributed by atoms with van der Waals surface area (Å²) in [6.07, 6.45) is -0.415. The van der Waals surface area contributed by atoms with Gasteiger partial charge in [0.15, 0.2) is 0 Å². The van der Waals surface area contributed by atoms with Gasteiger partial charge in [-0.25, -0.2) is 4.98 Å². The van der Waals surface area contributed by atoms with Crippen molar-refractivity contribution in [3.8, 4) is 11.5 Å². The number of pyridine rings is 1. The first kappa shape index (κ1) is 16.3. The molecule has 3 aromatic heterocycles. The van der Waals surface area contributed by atoms with Crippen LogP contribution in [-0.2, 0) is 12.6 Å². The fourth-order valence-electron chi connectivity index (χ4n) is 2.62. The van der Waals surface area contributed by atoms with Crippen molar-refractivity contribution >= 4 is 5.65 Å². The normalized spacial score (nSPS) is 12.0. The third-order valence-corrected chi connectivity index (χ3v) is 3.93. The molecule has 0 fully saturated rings. The van der Waals surface area contributed by atoms with Crippen molar-refractivity contribution in [2.24, 2.45) is 0 Å². The molecule has 0 amide bonds. The van der Waals surface area contributed by atoms with Crippen LogP contribution in [0.3, 0.4) is 0 Å². The molecule has 0 unspecified atom stereocenters. The Labute approximate surface area is 146 Å². The van der Waals surface area contributed by atoms with Crippen molar-refractivity contribution < 1.29 is 17.6 Å². The SMILES string of the molecule is Cc1ccc(Cc2cn3ccc(-c4nnc(C(F)(F)F)o4)cc3n2)cc1. The van der Waals surface area contributed by atoms with Crippen LogP contribution in [0.15, 0.2) is 53.2 Å². The second kappa shape index (κ2) is 5.98. The lowest BCUT2D eigenvalue weighted by Crippen LogP contribution is -2.04. The van der Waals surface area contributed by atoms with E-state index >= 15 is 0 Å². The van der Waals surface area contributed by atoms with E-state index in [0.29, 0.717) is 17.6 Å². The first-order valence-electron chi connectivity index (χ1n) is 7.83. The Bertz CT molecular complexity index is 1060. The second-order valence-corrected chi connectivity index (χ2v) is 5.99. The number of halogens is 3. The summed E-state index contributed by atoms with van der Waals surface area (Å²) >= 11 is 0. The average Bonchev–Trinajstić information content (AvgIpc) is 3.22. The fourth-order valence-corrected chi connectivity index (χ4v) is 2.62. The second-order valence-electron chi connectivity index (χ2n) is 5.99. The summed E-state index contributed by atoms with van der Waals surface area (Å²) in [7, 11) is 0. The number of rotatable bonds is 3. The molecule has 8 heteroatoms. The van der Waals surface area contributed by atoms with E-state index in [1.807, 2.05) is 37.4 Å². The maximum absolute atomic E-state index is 12.6. The van der Waals surface area contributed by atoms with Gasteiger partial charge in [-0.2, -0.15) is 13.2 Å². The van der Waals surface area contributed by atoms with Gasteiger partial charge in [0.1, 0.15) is 5.65 Å². The minimum atomic E-state index is -4.66. The molecule has 0 radical (unpaired) electrons. The van der Waals surface area contributed by atoms with Crippen LogP contribution < -0.4 is 0 Å². The molecule has 0 spiro atoms. The highest BCUT2D eigenvalue weighted by molar-refractivity contribution is 5.60. The monoisotopic (exact) mass is 358 g/mol. The molecule has 4 aromatic rings. The molecule has 0 saturated carbocycles. The summed E-state index contributed by atoms with van der Waals surface area (Å²) in [5.74, 6) is -1.56. The van der Waals surface area contributed by atoms with E-state index < -0.39 is 12.1 Å². The topological polar surface area (TPSA) is 56.2 Å². The Morgan fingerprint density at radius 1 is 1.08 bits per heavy atom. The molecule has 26 heavy (non-hydrogen) atoms.